The minimum absolute atomic E-state index is 0.802. The van der Waals surface area contributed by atoms with E-state index in [2.05, 4.69) is 4.84 Å². The highest BCUT2D eigenvalue weighted by molar-refractivity contribution is 5.68. The molecular formula is C4H7NO5. The number of carbonyl (C=O) groups excluding carboxylic acids is 2. The molecule has 0 aliphatic heterocycles. The lowest BCUT2D eigenvalue weighted by molar-refractivity contribution is -1.14. The summed E-state index contributed by atoms with van der Waals surface area (Å²) in [5, 5.41) is 18.7. The van der Waals surface area contributed by atoms with E-state index in [4.69, 9.17) is 5.21 Å². The standard InChI is InChI=1S/C4H7NO5/c1-3(6)5(8,9)10-4(2)7/h8H,1-2H3. The Kier molecular flexibility index (Phi) is 2.47. The van der Waals surface area contributed by atoms with E-state index in [0.29, 0.717) is 0 Å². The van der Waals surface area contributed by atoms with Crippen molar-refractivity contribution in [3.05, 3.63) is 5.21 Å². The summed E-state index contributed by atoms with van der Waals surface area (Å²) in [6.45, 7) is 1.71. The van der Waals surface area contributed by atoms with Crippen molar-refractivity contribution in [3.8, 4) is 0 Å². The van der Waals surface area contributed by atoms with Crippen molar-refractivity contribution in [2.45, 2.75) is 13.8 Å². The van der Waals surface area contributed by atoms with Gasteiger partial charge in [-0.15, -0.1) is 0 Å². The Labute approximate surface area is 56.7 Å². The molecule has 0 rings (SSSR count). The van der Waals surface area contributed by atoms with Crippen molar-refractivity contribution in [3.63, 3.8) is 0 Å². The maximum Gasteiger partial charge on any atom is 0.386 e. The van der Waals surface area contributed by atoms with Crippen molar-refractivity contribution < 1.29 is 24.6 Å². The third-order valence-corrected chi connectivity index (χ3v) is 0.650. The van der Waals surface area contributed by atoms with Gasteiger partial charge < -0.3 is 5.21 Å². The first-order chi connectivity index (χ1) is 4.36. The van der Waals surface area contributed by atoms with E-state index in [-0.39, 0.29) is 0 Å². The van der Waals surface area contributed by atoms with Gasteiger partial charge in [0, 0.05) is 11.9 Å². The second kappa shape index (κ2) is 2.74. The molecule has 0 heterocycles. The van der Waals surface area contributed by atoms with Crippen molar-refractivity contribution in [1.29, 1.82) is 0 Å². The predicted molar refractivity (Wildman–Crippen MR) is 27.9 cm³/mol. The minimum atomic E-state index is -2.60. The summed E-state index contributed by atoms with van der Waals surface area (Å²) in [7, 11) is 0. The first-order valence-electron chi connectivity index (χ1n) is 2.40. The van der Waals surface area contributed by atoms with Crippen LogP contribution in [-0.4, -0.2) is 22.1 Å². The molecule has 0 aromatic rings. The van der Waals surface area contributed by atoms with Crippen LogP contribution in [0.2, 0.25) is 0 Å². The van der Waals surface area contributed by atoms with Gasteiger partial charge in [0.25, 0.3) is 0 Å². The molecule has 0 aliphatic rings. The molecule has 1 unspecified atom stereocenters. The number of rotatable bonds is 0. The molecule has 0 fully saturated rings. The molecule has 0 aromatic heterocycles. The van der Waals surface area contributed by atoms with Crippen LogP contribution in [0, 0.1) is 5.21 Å². The molecule has 1 N–H and O–H groups in total. The van der Waals surface area contributed by atoms with Gasteiger partial charge in [-0.25, -0.2) is 14.4 Å². The molecule has 0 radical (unpaired) electrons. The van der Waals surface area contributed by atoms with E-state index >= 15 is 0 Å². The number of nitrogens with zero attached hydrogens (tertiary/aromatic N) is 1. The van der Waals surface area contributed by atoms with E-state index in [1.165, 1.54) is 0 Å². The average molecular weight is 149 g/mol. The smallest absolute Gasteiger partial charge is 0.386 e. The van der Waals surface area contributed by atoms with E-state index in [0.717, 1.165) is 13.8 Å². The van der Waals surface area contributed by atoms with Crippen molar-refractivity contribution in [2.75, 3.05) is 0 Å². The second-order valence-electron chi connectivity index (χ2n) is 1.62. The Morgan fingerprint density at radius 2 is 1.90 bits per heavy atom. The average Bonchev–Trinajstić information content (AvgIpc) is 1.60. The van der Waals surface area contributed by atoms with Gasteiger partial charge in [-0.3, -0.25) is 0 Å². The number of carbonyl (C=O) groups is 2. The molecule has 58 valence electrons. The fourth-order valence-electron chi connectivity index (χ4n) is 0.239. The molecule has 1 amide bonds. The van der Waals surface area contributed by atoms with Gasteiger partial charge in [0.15, 0.2) is 0 Å². The van der Waals surface area contributed by atoms with Crippen molar-refractivity contribution in [1.82, 2.24) is 0 Å². The van der Waals surface area contributed by atoms with Gasteiger partial charge in [0.2, 0.25) is 0 Å². The number of hydrogen-bond acceptors (Lipinski definition) is 5. The minimum Gasteiger partial charge on any atom is -0.547 e. The second-order valence-corrected chi connectivity index (χ2v) is 1.62. The van der Waals surface area contributed by atoms with Crippen LogP contribution in [0.1, 0.15) is 13.8 Å². The normalized spacial score (nSPS) is 15.6. The number of hydroxylamine groups is 3. The molecule has 1 atom stereocenters. The molecule has 0 saturated carbocycles. The van der Waals surface area contributed by atoms with Crippen LogP contribution in [0.25, 0.3) is 0 Å². The van der Waals surface area contributed by atoms with E-state index < -0.39 is 16.8 Å². The predicted octanol–water partition coefficient (Wildman–Crippen LogP) is -0.285. The Hall–Kier alpha value is -0.980. The fourth-order valence-corrected chi connectivity index (χ4v) is 0.239. The Morgan fingerprint density at radius 1 is 1.50 bits per heavy atom. The zero-order valence-corrected chi connectivity index (χ0v) is 5.53. The number of quaternary nitrogens is 1. The first-order valence-corrected chi connectivity index (χ1v) is 2.40. The van der Waals surface area contributed by atoms with E-state index in [1.807, 2.05) is 0 Å². The van der Waals surface area contributed by atoms with Crippen LogP contribution in [0.4, 0.5) is 0 Å². The van der Waals surface area contributed by atoms with Crippen LogP contribution in [0.15, 0.2) is 0 Å². The molecule has 0 spiro atoms. The molecule has 0 saturated heterocycles. The van der Waals surface area contributed by atoms with Gasteiger partial charge in [0.05, 0.1) is 6.92 Å². The van der Waals surface area contributed by atoms with Gasteiger partial charge in [-0.1, -0.05) is 0 Å². The Balaban J connectivity index is 4.13. The summed E-state index contributed by atoms with van der Waals surface area (Å²) in [6, 6.07) is 0. The van der Waals surface area contributed by atoms with Crippen LogP contribution >= 0.6 is 0 Å². The van der Waals surface area contributed by atoms with Gasteiger partial charge in [-0.2, -0.15) is 5.21 Å². The Bertz CT molecular complexity index is 163. The Morgan fingerprint density at radius 3 is 2.00 bits per heavy atom. The molecule has 6 heteroatoms. The highest BCUT2D eigenvalue weighted by Crippen LogP contribution is 2.00. The number of amides is 1. The molecule has 0 bridgehead atoms. The van der Waals surface area contributed by atoms with E-state index in [9.17, 15) is 14.8 Å². The molecule has 10 heavy (non-hydrogen) atoms. The summed E-state index contributed by atoms with van der Waals surface area (Å²) in [6.07, 6.45) is 0. The van der Waals surface area contributed by atoms with Gasteiger partial charge in [-0.05, 0) is 0 Å². The van der Waals surface area contributed by atoms with E-state index in [1.54, 1.807) is 0 Å². The maximum absolute atomic E-state index is 10.3. The summed E-state index contributed by atoms with van der Waals surface area (Å²) in [5.41, 5.74) is 0. The SMILES string of the molecule is CC(=O)O[N+]([O-])(O)C(C)=O. The lowest BCUT2D eigenvalue weighted by Crippen LogP contribution is -2.43. The third kappa shape index (κ3) is 2.53. The zero-order valence-electron chi connectivity index (χ0n) is 5.53. The summed E-state index contributed by atoms with van der Waals surface area (Å²) < 4.78 is 0. The van der Waals surface area contributed by atoms with Crippen LogP contribution < -0.4 is 0 Å². The monoisotopic (exact) mass is 149 g/mol. The van der Waals surface area contributed by atoms with Gasteiger partial charge in [0.1, 0.15) is 0 Å². The summed E-state index contributed by atoms with van der Waals surface area (Å²) >= 11 is 0. The first kappa shape index (κ1) is 9.02. The number of hydrogen-bond donors (Lipinski definition) is 1. The van der Waals surface area contributed by atoms with Crippen LogP contribution in [0.3, 0.4) is 0 Å². The topological polar surface area (TPSA) is 86.7 Å². The maximum atomic E-state index is 10.3. The highest BCUT2D eigenvalue weighted by atomic mass is 17.1. The molecule has 6 nitrogen and oxygen atoms in total. The lowest BCUT2D eigenvalue weighted by Gasteiger charge is -2.23. The fraction of sp³-hybridized carbons (Fsp3) is 0.500. The van der Waals surface area contributed by atoms with Gasteiger partial charge >= 0.3 is 11.9 Å². The highest BCUT2D eigenvalue weighted by Gasteiger charge is 2.25. The van der Waals surface area contributed by atoms with Crippen LogP contribution in [0.5, 0.6) is 0 Å². The molecule has 0 aromatic carbocycles. The summed E-state index contributed by atoms with van der Waals surface area (Å²) in [5.74, 6) is -2.23. The molecular weight excluding hydrogens is 142 g/mol. The zero-order chi connectivity index (χ0) is 8.36. The van der Waals surface area contributed by atoms with Crippen LogP contribution in [-0.2, 0) is 14.4 Å². The lowest BCUT2D eigenvalue weighted by atomic mass is 10.7. The van der Waals surface area contributed by atoms with Crippen molar-refractivity contribution in [2.24, 2.45) is 0 Å². The third-order valence-electron chi connectivity index (χ3n) is 0.650. The molecule has 0 aliphatic carbocycles. The van der Waals surface area contributed by atoms with Crippen molar-refractivity contribution >= 4 is 11.9 Å². The summed E-state index contributed by atoms with van der Waals surface area (Å²) in [4.78, 5) is 21.2. The quantitative estimate of drug-likeness (QED) is 0.290. The largest absolute Gasteiger partial charge is 0.547 e.